The van der Waals surface area contributed by atoms with Gasteiger partial charge in [0.05, 0.1) is 23.5 Å². The third-order valence-electron chi connectivity index (χ3n) is 4.18. The molecular weight excluding hydrogens is 318 g/mol. The van der Waals surface area contributed by atoms with E-state index in [2.05, 4.69) is 25.7 Å². The van der Waals surface area contributed by atoms with Crippen molar-refractivity contribution in [2.75, 3.05) is 24.3 Å². The first kappa shape index (κ1) is 17.1. The zero-order chi connectivity index (χ0) is 17.8. The summed E-state index contributed by atoms with van der Waals surface area (Å²) in [4.78, 5) is 8.71. The van der Waals surface area contributed by atoms with Crippen LogP contribution in [0.3, 0.4) is 0 Å². The fourth-order valence-corrected chi connectivity index (χ4v) is 2.49. The molecule has 0 spiro atoms. The molecule has 0 bridgehead atoms. The number of methoxy groups -OCH3 is 1. The van der Waals surface area contributed by atoms with Gasteiger partial charge >= 0.3 is 0 Å². The van der Waals surface area contributed by atoms with Crippen LogP contribution in [0.15, 0.2) is 36.7 Å². The van der Waals surface area contributed by atoms with Crippen LogP contribution in [-0.4, -0.2) is 45.5 Å². The first-order valence-electron chi connectivity index (χ1n) is 8.11. The summed E-state index contributed by atoms with van der Waals surface area (Å²) < 4.78 is 7.06. The molecule has 2 heterocycles. The fourth-order valence-electron chi connectivity index (χ4n) is 2.49. The molecule has 3 aromatic rings. The van der Waals surface area contributed by atoms with Crippen LogP contribution in [0.2, 0.25) is 0 Å². The van der Waals surface area contributed by atoms with Crippen molar-refractivity contribution >= 4 is 28.4 Å². The number of hydrogen-bond donors (Lipinski definition) is 3. The Kier molecular flexibility index (Phi) is 5.11. The molecule has 0 aliphatic rings. The molecule has 0 aliphatic heterocycles. The number of rotatable bonds is 7. The van der Waals surface area contributed by atoms with Crippen LogP contribution in [0, 0.1) is 0 Å². The Morgan fingerprint density at radius 1 is 1.32 bits per heavy atom. The molecule has 1 aromatic carbocycles. The number of nitrogens with one attached hydrogen (secondary N) is 2. The maximum atomic E-state index is 6.03. The highest BCUT2D eigenvalue weighted by Gasteiger charge is 2.12. The van der Waals surface area contributed by atoms with Crippen molar-refractivity contribution in [3.63, 3.8) is 0 Å². The van der Waals surface area contributed by atoms with Gasteiger partial charge in [0, 0.05) is 38.3 Å². The van der Waals surface area contributed by atoms with Crippen molar-refractivity contribution in [1.82, 2.24) is 19.7 Å². The van der Waals surface area contributed by atoms with Crippen molar-refractivity contribution in [2.24, 2.45) is 12.8 Å². The van der Waals surface area contributed by atoms with Gasteiger partial charge in [-0.3, -0.25) is 4.68 Å². The van der Waals surface area contributed by atoms with E-state index in [4.69, 9.17) is 10.5 Å². The van der Waals surface area contributed by atoms with Gasteiger partial charge in [-0.25, -0.2) is 4.98 Å². The van der Waals surface area contributed by atoms with Crippen molar-refractivity contribution in [2.45, 2.75) is 19.1 Å². The average molecular weight is 341 g/mol. The van der Waals surface area contributed by atoms with Crippen LogP contribution in [0.4, 0.5) is 17.5 Å². The summed E-state index contributed by atoms with van der Waals surface area (Å²) in [6.45, 7) is 2.45. The van der Waals surface area contributed by atoms with Gasteiger partial charge in [0.2, 0.25) is 5.95 Å². The van der Waals surface area contributed by atoms with Crippen LogP contribution < -0.4 is 16.4 Å². The molecule has 8 nitrogen and oxygen atoms in total. The highest BCUT2D eigenvalue weighted by atomic mass is 16.5. The SMILES string of the molecule is CO[C@H](C)[C@H](N)CNc1nccc(Nc2cccc3c2cnn3C)n1. The van der Waals surface area contributed by atoms with Crippen molar-refractivity contribution < 1.29 is 4.74 Å². The van der Waals surface area contributed by atoms with Gasteiger partial charge < -0.3 is 21.1 Å². The standard InChI is InChI=1S/C17H23N7O/c1-11(25-3)13(18)10-20-17-19-8-7-16(23-17)22-14-5-4-6-15-12(14)9-21-24(15)2/h4-9,11,13H,10,18H2,1-3H3,(H2,19,20,22,23)/t11-,13-/m1/s1. The van der Waals surface area contributed by atoms with E-state index in [-0.39, 0.29) is 12.1 Å². The molecule has 0 unspecified atom stereocenters. The molecule has 2 aromatic heterocycles. The van der Waals surface area contributed by atoms with E-state index in [9.17, 15) is 0 Å². The number of anilines is 3. The minimum atomic E-state index is -0.144. The number of aromatic nitrogens is 4. The predicted octanol–water partition coefficient (Wildman–Crippen LogP) is 1.88. The van der Waals surface area contributed by atoms with Crippen LogP contribution in [0.5, 0.6) is 0 Å². The lowest BCUT2D eigenvalue weighted by molar-refractivity contribution is 0.0989. The Morgan fingerprint density at radius 2 is 2.16 bits per heavy atom. The highest BCUT2D eigenvalue weighted by Crippen LogP contribution is 2.25. The predicted molar refractivity (Wildman–Crippen MR) is 99.0 cm³/mol. The number of benzene rings is 1. The number of nitrogens with zero attached hydrogens (tertiary/aromatic N) is 4. The van der Waals surface area contributed by atoms with Crippen LogP contribution in [0.25, 0.3) is 10.9 Å². The first-order valence-corrected chi connectivity index (χ1v) is 8.11. The van der Waals surface area contributed by atoms with E-state index in [1.807, 2.05) is 49.1 Å². The van der Waals surface area contributed by atoms with E-state index in [1.54, 1.807) is 13.3 Å². The topological polar surface area (TPSA) is 103 Å². The zero-order valence-corrected chi connectivity index (χ0v) is 14.6. The summed E-state index contributed by atoms with van der Waals surface area (Å²) in [7, 11) is 3.56. The van der Waals surface area contributed by atoms with Crippen LogP contribution in [0.1, 0.15) is 6.92 Å². The second-order valence-corrected chi connectivity index (χ2v) is 5.88. The van der Waals surface area contributed by atoms with Gasteiger partial charge in [0.15, 0.2) is 0 Å². The van der Waals surface area contributed by atoms with E-state index in [1.165, 1.54) is 0 Å². The lowest BCUT2D eigenvalue weighted by atomic mass is 10.2. The smallest absolute Gasteiger partial charge is 0.224 e. The maximum absolute atomic E-state index is 6.03. The van der Waals surface area contributed by atoms with Gasteiger partial charge in [-0.2, -0.15) is 10.1 Å². The Balaban J connectivity index is 1.73. The Bertz CT molecular complexity index is 848. The van der Waals surface area contributed by atoms with E-state index >= 15 is 0 Å². The largest absolute Gasteiger partial charge is 0.380 e. The van der Waals surface area contributed by atoms with Crippen LogP contribution >= 0.6 is 0 Å². The molecular formula is C17H23N7O. The minimum absolute atomic E-state index is 0.0445. The quantitative estimate of drug-likeness (QED) is 0.603. The molecule has 2 atom stereocenters. The van der Waals surface area contributed by atoms with Crippen molar-refractivity contribution in [3.05, 3.63) is 36.7 Å². The van der Waals surface area contributed by atoms with Crippen molar-refractivity contribution in [1.29, 1.82) is 0 Å². The molecule has 132 valence electrons. The average Bonchev–Trinajstić information content (AvgIpc) is 3.01. The van der Waals surface area contributed by atoms with E-state index in [0.29, 0.717) is 18.3 Å². The van der Waals surface area contributed by atoms with Crippen molar-refractivity contribution in [3.8, 4) is 0 Å². The molecule has 0 fully saturated rings. The van der Waals surface area contributed by atoms with Gasteiger partial charge in [0.1, 0.15) is 5.82 Å². The van der Waals surface area contributed by atoms with Gasteiger partial charge in [-0.05, 0) is 25.1 Å². The lowest BCUT2D eigenvalue weighted by Crippen LogP contribution is -2.40. The molecule has 0 aliphatic carbocycles. The van der Waals surface area contributed by atoms with E-state index in [0.717, 1.165) is 16.6 Å². The fraction of sp³-hybridized carbons (Fsp3) is 0.353. The Morgan fingerprint density at radius 3 is 2.96 bits per heavy atom. The summed E-state index contributed by atoms with van der Waals surface area (Å²) >= 11 is 0. The number of fused-ring (bicyclic) bond motifs is 1. The Labute approximate surface area is 146 Å². The minimum Gasteiger partial charge on any atom is -0.380 e. The molecule has 3 rings (SSSR count). The van der Waals surface area contributed by atoms with E-state index < -0.39 is 0 Å². The molecule has 4 N–H and O–H groups in total. The summed E-state index contributed by atoms with van der Waals surface area (Å²) in [6.07, 6.45) is 3.49. The highest BCUT2D eigenvalue weighted by molar-refractivity contribution is 5.92. The first-order chi connectivity index (χ1) is 12.1. The van der Waals surface area contributed by atoms with Gasteiger partial charge in [0.25, 0.3) is 0 Å². The number of ether oxygens (including phenoxy) is 1. The Hall–Kier alpha value is -2.71. The molecule has 0 amide bonds. The summed E-state index contributed by atoms with van der Waals surface area (Å²) in [5, 5.41) is 11.8. The third kappa shape index (κ3) is 3.86. The molecule has 0 radical (unpaired) electrons. The van der Waals surface area contributed by atoms with Gasteiger partial charge in [-0.15, -0.1) is 0 Å². The number of hydrogen-bond acceptors (Lipinski definition) is 7. The second-order valence-electron chi connectivity index (χ2n) is 5.88. The van der Waals surface area contributed by atoms with Crippen LogP contribution in [-0.2, 0) is 11.8 Å². The molecule has 0 saturated carbocycles. The molecule has 8 heteroatoms. The van der Waals surface area contributed by atoms with Gasteiger partial charge in [-0.1, -0.05) is 6.07 Å². The lowest BCUT2D eigenvalue weighted by Gasteiger charge is -2.18. The summed E-state index contributed by atoms with van der Waals surface area (Å²) in [5.74, 6) is 1.21. The molecule has 0 saturated heterocycles. The summed E-state index contributed by atoms with van der Waals surface area (Å²) in [5.41, 5.74) is 8.03. The second kappa shape index (κ2) is 7.45. The number of nitrogens with two attached hydrogens (primary N) is 1. The zero-order valence-electron chi connectivity index (χ0n) is 14.6. The summed E-state index contributed by atoms with van der Waals surface area (Å²) in [6, 6.07) is 7.68. The third-order valence-corrected chi connectivity index (χ3v) is 4.18. The normalized spacial score (nSPS) is 13.6. The number of aryl methyl sites for hydroxylation is 1. The molecule has 25 heavy (non-hydrogen) atoms. The monoisotopic (exact) mass is 341 g/mol. The maximum Gasteiger partial charge on any atom is 0.224 e.